The summed E-state index contributed by atoms with van der Waals surface area (Å²) in [6.07, 6.45) is 11.6. The summed E-state index contributed by atoms with van der Waals surface area (Å²) in [5.74, 6) is 0.422. The van der Waals surface area contributed by atoms with Crippen molar-refractivity contribution < 1.29 is 4.79 Å². The zero-order valence-electron chi connectivity index (χ0n) is 9.00. The largest absolute Gasteiger partial charge is 0.300 e. The molecule has 1 unspecified atom stereocenters. The molecule has 1 aliphatic rings. The molecule has 1 atom stereocenters. The van der Waals surface area contributed by atoms with Crippen molar-refractivity contribution in [2.24, 2.45) is 0 Å². The van der Waals surface area contributed by atoms with Crippen molar-refractivity contribution in [1.82, 2.24) is 0 Å². The molecule has 1 rings (SSSR count). The van der Waals surface area contributed by atoms with Crippen LogP contribution in [0.3, 0.4) is 0 Å². The molecule has 0 heterocycles. The van der Waals surface area contributed by atoms with Gasteiger partial charge in [0.15, 0.2) is 0 Å². The lowest BCUT2D eigenvalue weighted by molar-refractivity contribution is -0.119. The number of thiol groups is 1. The fraction of sp³-hybridized carbons (Fsp3) is 0.917. The molecular weight excluding hydrogens is 192 g/mol. The molecule has 82 valence electrons. The summed E-state index contributed by atoms with van der Waals surface area (Å²) >= 11 is 4.46. The van der Waals surface area contributed by atoms with Crippen molar-refractivity contribution >= 4 is 18.4 Å². The van der Waals surface area contributed by atoms with Crippen molar-refractivity contribution in [1.29, 1.82) is 0 Å². The summed E-state index contributed by atoms with van der Waals surface area (Å²) in [7, 11) is 0. The lowest BCUT2D eigenvalue weighted by Gasteiger charge is -2.11. The Balaban J connectivity index is 2.26. The Bertz CT molecular complexity index is 168. The number of hydrogen-bond donors (Lipinski definition) is 1. The molecule has 1 saturated carbocycles. The molecule has 0 radical (unpaired) electrons. The van der Waals surface area contributed by atoms with E-state index in [0.717, 1.165) is 19.3 Å². The Hall–Kier alpha value is 0.0200. The van der Waals surface area contributed by atoms with Gasteiger partial charge in [-0.2, -0.15) is 12.6 Å². The third kappa shape index (κ3) is 5.69. The van der Waals surface area contributed by atoms with E-state index in [1.807, 2.05) is 0 Å². The van der Waals surface area contributed by atoms with Crippen LogP contribution >= 0.6 is 12.6 Å². The van der Waals surface area contributed by atoms with Crippen molar-refractivity contribution in [2.75, 3.05) is 0 Å². The lowest BCUT2D eigenvalue weighted by Crippen LogP contribution is -2.08. The van der Waals surface area contributed by atoms with Gasteiger partial charge in [0.1, 0.15) is 5.78 Å². The van der Waals surface area contributed by atoms with Gasteiger partial charge < -0.3 is 0 Å². The molecule has 0 aromatic carbocycles. The van der Waals surface area contributed by atoms with Crippen molar-refractivity contribution in [3.8, 4) is 0 Å². The van der Waals surface area contributed by atoms with Crippen LogP contribution in [0.25, 0.3) is 0 Å². The second-order valence-corrected chi connectivity index (χ2v) is 5.14. The first-order chi connectivity index (χ1) is 6.79. The molecule has 0 bridgehead atoms. The number of Topliss-reactive ketones (excluding diaryl/α,β-unsaturated/α-hetero) is 1. The third-order valence-electron chi connectivity index (χ3n) is 2.96. The van der Waals surface area contributed by atoms with E-state index in [-0.39, 0.29) is 0 Å². The molecule has 0 aromatic rings. The van der Waals surface area contributed by atoms with Gasteiger partial charge in [0.2, 0.25) is 0 Å². The van der Waals surface area contributed by atoms with Gasteiger partial charge in [-0.25, -0.2) is 0 Å². The summed E-state index contributed by atoms with van der Waals surface area (Å²) in [5.41, 5.74) is 0. The minimum absolute atomic E-state index is 0.321. The first-order valence-electron chi connectivity index (χ1n) is 5.99. The SMILES string of the molecule is O=C1CCCCCCCCCC(S)C1. The summed E-state index contributed by atoms with van der Waals surface area (Å²) in [4.78, 5) is 11.5. The molecule has 0 aliphatic heterocycles. The van der Waals surface area contributed by atoms with E-state index >= 15 is 0 Å². The third-order valence-corrected chi connectivity index (χ3v) is 3.40. The second kappa shape index (κ2) is 7.33. The zero-order valence-corrected chi connectivity index (χ0v) is 9.90. The fourth-order valence-electron chi connectivity index (χ4n) is 2.05. The average molecular weight is 214 g/mol. The van der Waals surface area contributed by atoms with Gasteiger partial charge in [-0.05, 0) is 12.8 Å². The zero-order chi connectivity index (χ0) is 10.2. The molecule has 0 aromatic heterocycles. The van der Waals surface area contributed by atoms with Gasteiger partial charge in [-0.15, -0.1) is 0 Å². The Morgan fingerprint density at radius 3 is 2.21 bits per heavy atom. The fourth-order valence-corrected chi connectivity index (χ4v) is 2.44. The van der Waals surface area contributed by atoms with E-state index in [9.17, 15) is 4.79 Å². The van der Waals surface area contributed by atoms with E-state index in [1.54, 1.807) is 0 Å². The highest BCUT2D eigenvalue weighted by Gasteiger charge is 2.10. The Kier molecular flexibility index (Phi) is 6.33. The van der Waals surface area contributed by atoms with Crippen LogP contribution in [0.5, 0.6) is 0 Å². The minimum atomic E-state index is 0.321. The van der Waals surface area contributed by atoms with E-state index in [2.05, 4.69) is 12.6 Å². The molecule has 1 aliphatic carbocycles. The molecular formula is C12H22OS. The summed E-state index contributed by atoms with van der Waals surface area (Å²) in [6.45, 7) is 0. The number of ketones is 1. The number of carbonyl (C=O) groups excluding carboxylic acids is 1. The number of hydrogen-bond acceptors (Lipinski definition) is 2. The molecule has 0 saturated heterocycles. The van der Waals surface area contributed by atoms with Crippen LogP contribution in [-0.2, 0) is 4.79 Å². The normalized spacial score (nSPS) is 27.8. The molecule has 0 amide bonds. The molecule has 0 N–H and O–H groups in total. The van der Waals surface area contributed by atoms with E-state index in [1.165, 1.54) is 38.5 Å². The number of rotatable bonds is 0. The van der Waals surface area contributed by atoms with Crippen molar-refractivity contribution in [2.45, 2.75) is 69.5 Å². The van der Waals surface area contributed by atoms with Gasteiger partial charge in [0.25, 0.3) is 0 Å². The quantitative estimate of drug-likeness (QED) is 0.607. The van der Waals surface area contributed by atoms with Gasteiger partial charge in [-0.3, -0.25) is 4.79 Å². The van der Waals surface area contributed by atoms with Gasteiger partial charge >= 0.3 is 0 Å². The van der Waals surface area contributed by atoms with E-state index in [0.29, 0.717) is 17.5 Å². The second-order valence-electron chi connectivity index (χ2n) is 4.41. The maximum atomic E-state index is 11.5. The highest BCUT2D eigenvalue weighted by Crippen LogP contribution is 2.17. The van der Waals surface area contributed by atoms with E-state index < -0.39 is 0 Å². The Labute approximate surface area is 93.1 Å². The molecule has 1 nitrogen and oxygen atoms in total. The highest BCUT2D eigenvalue weighted by atomic mass is 32.1. The lowest BCUT2D eigenvalue weighted by atomic mass is 10.0. The standard InChI is InChI=1S/C12H22OS/c13-11-8-6-4-2-1-3-5-7-9-12(14)10-11/h12,14H,1-10H2. The van der Waals surface area contributed by atoms with Gasteiger partial charge in [-0.1, -0.05) is 38.5 Å². The average Bonchev–Trinajstić information content (AvgIpc) is 2.13. The Morgan fingerprint density at radius 1 is 0.929 bits per heavy atom. The maximum absolute atomic E-state index is 11.5. The smallest absolute Gasteiger partial charge is 0.134 e. The predicted molar refractivity (Wildman–Crippen MR) is 64.0 cm³/mol. The minimum Gasteiger partial charge on any atom is -0.300 e. The first kappa shape index (κ1) is 12.1. The molecule has 14 heavy (non-hydrogen) atoms. The van der Waals surface area contributed by atoms with Gasteiger partial charge in [0.05, 0.1) is 0 Å². The van der Waals surface area contributed by atoms with Crippen LogP contribution in [0, 0.1) is 0 Å². The van der Waals surface area contributed by atoms with Crippen molar-refractivity contribution in [3.63, 3.8) is 0 Å². The summed E-state index contributed by atoms with van der Waals surface area (Å²) < 4.78 is 0. The van der Waals surface area contributed by atoms with Crippen LogP contribution in [0.1, 0.15) is 64.2 Å². The summed E-state index contributed by atoms with van der Waals surface area (Å²) in [6, 6.07) is 0. The highest BCUT2D eigenvalue weighted by molar-refractivity contribution is 7.81. The predicted octanol–water partition coefficient (Wildman–Crippen LogP) is 3.77. The topological polar surface area (TPSA) is 17.1 Å². The van der Waals surface area contributed by atoms with E-state index in [4.69, 9.17) is 0 Å². The maximum Gasteiger partial charge on any atom is 0.134 e. The van der Waals surface area contributed by atoms with Crippen LogP contribution < -0.4 is 0 Å². The number of carbonyl (C=O) groups is 1. The summed E-state index contributed by atoms with van der Waals surface area (Å²) in [5, 5.41) is 0.321. The monoisotopic (exact) mass is 214 g/mol. The molecule has 1 fully saturated rings. The Morgan fingerprint density at radius 2 is 1.50 bits per heavy atom. The molecule has 0 spiro atoms. The van der Waals surface area contributed by atoms with Crippen LogP contribution in [-0.4, -0.2) is 11.0 Å². The van der Waals surface area contributed by atoms with Crippen molar-refractivity contribution in [3.05, 3.63) is 0 Å². The van der Waals surface area contributed by atoms with Crippen LogP contribution in [0.4, 0.5) is 0 Å². The first-order valence-corrected chi connectivity index (χ1v) is 6.50. The van der Waals surface area contributed by atoms with Gasteiger partial charge in [0, 0.05) is 18.1 Å². The van der Waals surface area contributed by atoms with Crippen LogP contribution in [0.15, 0.2) is 0 Å². The van der Waals surface area contributed by atoms with Crippen LogP contribution in [0.2, 0.25) is 0 Å². The molecule has 2 heteroatoms.